The number of hydrogen-bond donors (Lipinski definition) is 1. The van der Waals surface area contributed by atoms with E-state index in [-0.39, 0.29) is 11.0 Å². The summed E-state index contributed by atoms with van der Waals surface area (Å²) in [5, 5.41) is 9.42. The molecule has 0 aliphatic heterocycles. The van der Waals surface area contributed by atoms with Crippen LogP contribution >= 0.6 is 11.6 Å². The summed E-state index contributed by atoms with van der Waals surface area (Å²) < 4.78 is 0. The van der Waals surface area contributed by atoms with E-state index in [1.165, 1.54) is 11.6 Å². The summed E-state index contributed by atoms with van der Waals surface area (Å²) in [6.07, 6.45) is 1.07. The highest BCUT2D eigenvalue weighted by molar-refractivity contribution is 6.33. The van der Waals surface area contributed by atoms with Crippen molar-refractivity contribution in [3.05, 3.63) is 58.6 Å². The van der Waals surface area contributed by atoms with Crippen molar-refractivity contribution in [2.24, 2.45) is 0 Å². The van der Waals surface area contributed by atoms with Crippen LogP contribution in [0.4, 0.5) is 0 Å². The molecule has 2 aromatic rings. The van der Waals surface area contributed by atoms with Crippen LogP contribution in [0.2, 0.25) is 5.02 Å². The number of carbonyl (C=O) groups is 1. The molecule has 110 valence electrons. The van der Waals surface area contributed by atoms with Crippen LogP contribution in [0.15, 0.2) is 42.5 Å². The normalized spacial score (nSPS) is 11.4. The lowest BCUT2D eigenvalue weighted by Gasteiger charge is -2.23. The molecule has 2 rings (SSSR count). The van der Waals surface area contributed by atoms with Gasteiger partial charge in [0.15, 0.2) is 0 Å². The number of rotatable bonds is 4. The van der Waals surface area contributed by atoms with Crippen LogP contribution < -0.4 is 0 Å². The molecule has 0 aliphatic rings. The van der Waals surface area contributed by atoms with Gasteiger partial charge in [-0.3, -0.25) is 0 Å². The lowest BCUT2D eigenvalue weighted by Crippen LogP contribution is -2.14. The quantitative estimate of drug-likeness (QED) is 0.821. The Hall–Kier alpha value is -1.80. The van der Waals surface area contributed by atoms with Crippen LogP contribution in [0, 0.1) is 0 Å². The second-order valence-electron chi connectivity index (χ2n) is 5.81. The Morgan fingerprint density at radius 3 is 2.24 bits per heavy atom. The van der Waals surface area contributed by atoms with Gasteiger partial charge in [-0.2, -0.15) is 0 Å². The molecule has 0 saturated carbocycles. The minimum atomic E-state index is -0.969. The fraction of sp³-hybridized carbons (Fsp3) is 0.278. The fourth-order valence-corrected chi connectivity index (χ4v) is 2.48. The third-order valence-electron chi connectivity index (χ3n) is 4.08. The van der Waals surface area contributed by atoms with Crippen LogP contribution in [0.5, 0.6) is 0 Å². The predicted molar refractivity (Wildman–Crippen MR) is 87.2 cm³/mol. The average Bonchev–Trinajstić information content (AvgIpc) is 2.47. The van der Waals surface area contributed by atoms with E-state index in [2.05, 4.69) is 32.9 Å². The summed E-state index contributed by atoms with van der Waals surface area (Å²) in [6, 6.07) is 13.1. The number of halogens is 1. The predicted octanol–water partition coefficient (Wildman–Crippen LogP) is 5.39. The minimum absolute atomic E-state index is 0.148. The number of carboxylic acid groups (broad SMARTS) is 1. The van der Waals surface area contributed by atoms with Gasteiger partial charge >= 0.3 is 5.97 Å². The van der Waals surface area contributed by atoms with Crippen molar-refractivity contribution < 1.29 is 9.90 Å². The highest BCUT2D eigenvalue weighted by Gasteiger charge is 2.18. The van der Waals surface area contributed by atoms with Crippen molar-refractivity contribution in [2.45, 2.75) is 32.6 Å². The monoisotopic (exact) mass is 302 g/mol. The number of hydrogen-bond acceptors (Lipinski definition) is 1. The Bertz CT molecular complexity index is 657. The van der Waals surface area contributed by atoms with Crippen molar-refractivity contribution in [3.8, 4) is 11.1 Å². The topological polar surface area (TPSA) is 37.3 Å². The van der Waals surface area contributed by atoms with Crippen LogP contribution in [-0.2, 0) is 5.41 Å². The van der Waals surface area contributed by atoms with Gasteiger partial charge in [-0.05, 0) is 35.1 Å². The molecule has 0 saturated heterocycles. The third kappa shape index (κ3) is 3.27. The lowest BCUT2D eigenvalue weighted by molar-refractivity contribution is 0.0697. The van der Waals surface area contributed by atoms with E-state index < -0.39 is 5.97 Å². The zero-order valence-electron chi connectivity index (χ0n) is 12.5. The summed E-state index contributed by atoms with van der Waals surface area (Å²) >= 11 is 6.20. The summed E-state index contributed by atoms with van der Waals surface area (Å²) in [5.74, 6) is -0.969. The highest BCUT2D eigenvalue weighted by Crippen LogP contribution is 2.32. The van der Waals surface area contributed by atoms with E-state index >= 15 is 0 Å². The van der Waals surface area contributed by atoms with Gasteiger partial charge in [0.1, 0.15) is 0 Å². The Kier molecular flexibility index (Phi) is 4.38. The standard InChI is InChI=1S/C18H19ClO2/c1-4-18(2,3)14-8-5-12(6-9-14)15-10-7-13(17(20)21)11-16(15)19/h5-11H,4H2,1-3H3,(H,20,21). The molecule has 0 fully saturated rings. The summed E-state index contributed by atoms with van der Waals surface area (Å²) in [7, 11) is 0. The van der Waals surface area contributed by atoms with E-state index in [4.69, 9.17) is 16.7 Å². The molecular weight excluding hydrogens is 284 g/mol. The molecular formula is C18H19ClO2. The molecule has 1 N–H and O–H groups in total. The van der Waals surface area contributed by atoms with E-state index in [0.717, 1.165) is 17.5 Å². The van der Waals surface area contributed by atoms with Crippen molar-refractivity contribution in [2.75, 3.05) is 0 Å². The highest BCUT2D eigenvalue weighted by atomic mass is 35.5. The lowest BCUT2D eigenvalue weighted by atomic mass is 9.82. The molecule has 0 aromatic heterocycles. The first kappa shape index (κ1) is 15.6. The second kappa shape index (κ2) is 5.90. The molecule has 2 aromatic carbocycles. The van der Waals surface area contributed by atoms with E-state index in [1.807, 2.05) is 12.1 Å². The zero-order chi connectivity index (χ0) is 15.6. The van der Waals surface area contributed by atoms with E-state index in [9.17, 15) is 4.79 Å². The molecule has 0 bridgehead atoms. The average molecular weight is 303 g/mol. The van der Waals surface area contributed by atoms with Crippen LogP contribution in [0.3, 0.4) is 0 Å². The van der Waals surface area contributed by atoms with Crippen molar-refractivity contribution in [1.29, 1.82) is 0 Å². The number of carboxylic acids is 1. The summed E-state index contributed by atoms with van der Waals surface area (Å²) in [5.41, 5.74) is 3.48. The Morgan fingerprint density at radius 2 is 1.76 bits per heavy atom. The van der Waals surface area contributed by atoms with Gasteiger partial charge in [0.05, 0.1) is 5.56 Å². The van der Waals surface area contributed by atoms with Crippen molar-refractivity contribution in [3.63, 3.8) is 0 Å². The first-order valence-corrected chi connectivity index (χ1v) is 7.36. The molecule has 0 heterocycles. The van der Waals surface area contributed by atoms with E-state index in [1.54, 1.807) is 12.1 Å². The molecule has 21 heavy (non-hydrogen) atoms. The smallest absolute Gasteiger partial charge is 0.335 e. The summed E-state index contributed by atoms with van der Waals surface area (Å²) in [6.45, 7) is 6.61. The van der Waals surface area contributed by atoms with Crippen molar-refractivity contribution in [1.82, 2.24) is 0 Å². The Balaban J connectivity index is 2.37. The molecule has 0 aliphatic carbocycles. The van der Waals surface area contributed by atoms with Gasteiger partial charge in [0.25, 0.3) is 0 Å². The Morgan fingerprint density at radius 1 is 1.14 bits per heavy atom. The van der Waals surface area contributed by atoms with Crippen LogP contribution in [0.25, 0.3) is 11.1 Å². The third-order valence-corrected chi connectivity index (χ3v) is 4.39. The maximum absolute atomic E-state index is 10.9. The van der Waals surface area contributed by atoms with Gasteiger partial charge in [0, 0.05) is 10.6 Å². The van der Waals surface area contributed by atoms with Gasteiger partial charge in [0.2, 0.25) is 0 Å². The van der Waals surface area contributed by atoms with Crippen LogP contribution in [-0.4, -0.2) is 11.1 Å². The summed E-state index contributed by atoms with van der Waals surface area (Å²) in [4.78, 5) is 10.9. The van der Waals surface area contributed by atoms with Crippen LogP contribution in [0.1, 0.15) is 43.1 Å². The Labute approximate surface area is 130 Å². The molecule has 0 atom stereocenters. The molecule has 0 radical (unpaired) electrons. The molecule has 0 unspecified atom stereocenters. The van der Waals surface area contributed by atoms with Gasteiger partial charge in [-0.25, -0.2) is 4.79 Å². The minimum Gasteiger partial charge on any atom is -0.478 e. The second-order valence-corrected chi connectivity index (χ2v) is 6.22. The molecule has 0 spiro atoms. The van der Waals surface area contributed by atoms with Gasteiger partial charge < -0.3 is 5.11 Å². The SMILES string of the molecule is CCC(C)(C)c1ccc(-c2ccc(C(=O)O)cc2Cl)cc1. The fourth-order valence-electron chi connectivity index (χ4n) is 2.19. The molecule has 2 nitrogen and oxygen atoms in total. The molecule has 3 heteroatoms. The van der Waals surface area contributed by atoms with Crippen molar-refractivity contribution >= 4 is 17.6 Å². The van der Waals surface area contributed by atoms with Gasteiger partial charge in [-0.1, -0.05) is 62.7 Å². The van der Waals surface area contributed by atoms with E-state index in [0.29, 0.717) is 5.02 Å². The largest absolute Gasteiger partial charge is 0.478 e. The maximum Gasteiger partial charge on any atom is 0.335 e. The first-order valence-electron chi connectivity index (χ1n) is 6.99. The maximum atomic E-state index is 10.9. The number of aromatic carboxylic acids is 1. The number of benzene rings is 2. The first-order chi connectivity index (χ1) is 9.85. The molecule has 0 amide bonds. The van der Waals surface area contributed by atoms with Gasteiger partial charge in [-0.15, -0.1) is 0 Å². The zero-order valence-corrected chi connectivity index (χ0v) is 13.2.